The quantitative estimate of drug-likeness (QED) is 0.175. The molecule has 322 valence electrons. The second kappa shape index (κ2) is 14.6. The summed E-state index contributed by atoms with van der Waals surface area (Å²) < 4.78 is 6.76. The molecular weight excluding hydrogens is 855 g/mol. The zero-order valence-electron chi connectivity index (χ0n) is 37.4. The lowest BCUT2D eigenvalue weighted by Crippen LogP contribution is -2.32. The van der Waals surface area contributed by atoms with Gasteiger partial charge in [-0.25, -0.2) is 0 Å². The van der Waals surface area contributed by atoms with Crippen molar-refractivity contribution in [2.24, 2.45) is 0 Å². The summed E-state index contributed by atoms with van der Waals surface area (Å²) in [5.41, 5.74) is 19.8. The highest BCUT2D eigenvalue weighted by Crippen LogP contribution is 2.66. The summed E-state index contributed by atoms with van der Waals surface area (Å²) in [5, 5.41) is 2.44. The van der Waals surface area contributed by atoms with E-state index in [1.54, 1.807) is 0 Å². The van der Waals surface area contributed by atoms with Crippen molar-refractivity contribution in [3.63, 3.8) is 0 Å². The fraction of sp³-hybridized carbons (Fsp3) is 0.0303. The maximum absolute atomic E-state index is 6.76. The summed E-state index contributed by atoms with van der Waals surface area (Å²) in [4.78, 5) is 5.17. The fourth-order valence-corrected chi connectivity index (χ4v) is 14.0. The van der Waals surface area contributed by atoms with Gasteiger partial charge in [0.15, 0.2) is 0 Å². The van der Waals surface area contributed by atoms with Gasteiger partial charge in [0.2, 0.25) is 0 Å². The lowest BCUT2D eigenvalue weighted by Gasteiger charge is -2.39. The van der Waals surface area contributed by atoms with Crippen molar-refractivity contribution in [1.29, 1.82) is 0 Å². The molecule has 2 heterocycles. The molecule has 0 saturated heterocycles. The predicted molar refractivity (Wildman–Crippen MR) is 283 cm³/mol. The van der Waals surface area contributed by atoms with Crippen LogP contribution in [0.2, 0.25) is 0 Å². The van der Waals surface area contributed by atoms with Crippen LogP contribution in [-0.2, 0) is 10.8 Å². The molecule has 0 N–H and O–H groups in total. The number of anilines is 3. The Kier molecular flexibility index (Phi) is 8.17. The molecule has 4 aliphatic rings. The first-order chi connectivity index (χ1) is 34.2. The van der Waals surface area contributed by atoms with Gasteiger partial charge in [0.05, 0.1) is 22.2 Å². The number of para-hydroxylation sites is 2. The van der Waals surface area contributed by atoms with Gasteiger partial charge in [0, 0.05) is 37.6 Å². The summed E-state index contributed by atoms with van der Waals surface area (Å²) in [6, 6.07) is 92.4. The summed E-state index contributed by atoms with van der Waals surface area (Å²) in [6.07, 6.45) is 0. The number of hydrogen-bond donors (Lipinski definition) is 0. The van der Waals surface area contributed by atoms with Crippen molar-refractivity contribution in [2.45, 2.75) is 20.6 Å². The van der Waals surface area contributed by atoms with Gasteiger partial charge in [-0.1, -0.05) is 212 Å². The monoisotopic (exact) mass is 895 g/mol. The van der Waals surface area contributed by atoms with Gasteiger partial charge < -0.3 is 9.64 Å². The van der Waals surface area contributed by atoms with E-state index in [4.69, 9.17) is 4.74 Å². The fourth-order valence-electron chi connectivity index (χ4n) is 12.8. The highest BCUT2D eigenvalue weighted by molar-refractivity contribution is 7.99. The molecule has 2 aliphatic heterocycles. The highest BCUT2D eigenvalue weighted by Gasteiger charge is 2.53. The second-order valence-corrected chi connectivity index (χ2v) is 19.7. The smallest absolute Gasteiger partial charge is 0.132 e. The molecule has 0 amide bonds. The third-order valence-corrected chi connectivity index (χ3v) is 16.5. The summed E-state index contributed by atoms with van der Waals surface area (Å²) in [7, 11) is 0. The minimum absolute atomic E-state index is 0.503. The molecule has 69 heavy (non-hydrogen) atoms. The first-order valence-corrected chi connectivity index (χ1v) is 24.6. The summed E-state index contributed by atoms with van der Waals surface area (Å²) in [6.45, 7) is 0. The van der Waals surface area contributed by atoms with Crippen molar-refractivity contribution >= 4 is 39.6 Å². The third-order valence-electron chi connectivity index (χ3n) is 15.4. The Morgan fingerprint density at radius 3 is 1.46 bits per heavy atom. The summed E-state index contributed by atoms with van der Waals surface area (Å²) >= 11 is 1.89. The number of benzene rings is 11. The molecular formula is C66H41NOS. The van der Waals surface area contributed by atoms with E-state index in [0.29, 0.717) is 0 Å². The minimum atomic E-state index is -0.610. The maximum atomic E-state index is 6.76. The number of hydrogen-bond acceptors (Lipinski definition) is 3. The Morgan fingerprint density at radius 2 is 0.797 bits per heavy atom. The van der Waals surface area contributed by atoms with Crippen LogP contribution >= 0.6 is 11.8 Å². The van der Waals surface area contributed by atoms with Crippen LogP contribution in [0, 0.1) is 0 Å². The van der Waals surface area contributed by atoms with E-state index in [2.05, 4.69) is 254 Å². The molecule has 0 radical (unpaired) electrons. The van der Waals surface area contributed by atoms with Gasteiger partial charge in [0.1, 0.15) is 11.5 Å². The van der Waals surface area contributed by atoms with Gasteiger partial charge >= 0.3 is 0 Å². The largest absolute Gasteiger partial charge is 0.457 e. The van der Waals surface area contributed by atoms with E-state index in [1.807, 2.05) is 11.8 Å². The molecule has 0 bridgehead atoms. The topological polar surface area (TPSA) is 12.5 Å². The standard InChI is InChI=1S/C66H41NOS/c1-2-18-42(19-3-1)43-36-39-45(40-37-43)67(57-31-17-29-54-63(57)46-21-4-6-23-48(46)65(54)50-25-8-12-32-58(50)68-59-33-13-9-26-51(59)65)56-30-16-20-44-38-41-55-64(62(44)56)47-22-5-7-24-49(47)66(55)52-27-10-14-34-60(52)69-61-35-15-11-28-53(61)66/h1-41H. The lowest BCUT2D eigenvalue weighted by molar-refractivity contribution is 0.436. The van der Waals surface area contributed by atoms with Crippen LogP contribution in [0.1, 0.15) is 44.5 Å². The lowest BCUT2D eigenvalue weighted by atomic mass is 9.66. The number of fused-ring (bicyclic) bond motifs is 20. The molecule has 15 rings (SSSR count). The number of nitrogens with zero attached hydrogens (tertiary/aromatic N) is 1. The Hall–Kier alpha value is -8.37. The van der Waals surface area contributed by atoms with Crippen molar-refractivity contribution in [3.05, 3.63) is 293 Å². The highest BCUT2D eigenvalue weighted by atomic mass is 32.2. The van der Waals surface area contributed by atoms with Gasteiger partial charge in [-0.15, -0.1) is 0 Å². The maximum Gasteiger partial charge on any atom is 0.132 e. The van der Waals surface area contributed by atoms with Gasteiger partial charge in [-0.2, -0.15) is 0 Å². The Labute approximate surface area is 405 Å². The van der Waals surface area contributed by atoms with Crippen LogP contribution in [0.5, 0.6) is 11.5 Å². The van der Waals surface area contributed by atoms with E-state index < -0.39 is 10.8 Å². The van der Waals surface area contributed by atoms with Crippen LogP contribution in [0.4, 0.5) is 17.1 Å². The van der Waals surface area contributed by atoms with Crippen molar-refractivity contribution in [1.82, 2.24) is 0 Å². The molecule has 0 unspecified atom stereocenters. The predicted octanol–water partition coefficient (Wildman–Crippen LogP) is 17.3. The van der Waals surface area contributed by atoms with Crippen LogP contribution in [0.3, 0.4) is 0 Å². The molecule has 11 aromatic carbocycles. The van der Waals surface area contributed by atoms with Crippen LogP contribution in [0.15, 0.2) is 259 Å². The Morgan fingerprint density at radius 1 is 0.319 bits per heavy atom. The molecule has 2 spiro atoms. The Balaban J connectivity index is 1.06. The van der Waals surface area contributed by atoms with Gasteiger partial charge in [0.25, 0.3) is 0 Å². The Bertz CT molecular complexity index is 3840. The van der Waals surface area contributed by atoms with E-state index in [0.717, 1.165) is 39.7 Å². The van der Waals surface area contributed by atoms with Crippen LogP contribution < -0.4 is 9.64 Å². The SMILES string of the molecule is c1ccc(-c2ccc(N(c3cccc4c3-c3ccccc3C43c4ccccc4Oc4ccccc43)c3cccc4ccc5c(c34)-c3ccccc3C53c4ccccc4Sc4ccccc43)cc2)cc1. The normalized spacial score (nSPS) is 14.4. The van der Waals surface area contributed by atoms with Crippen molar-refractivity contribution in [3.8, 4) is 44.9 Å². The molecule has 2 nitrogen and oxygen atoms in total. The number of rotatable bonds is 4. The van der Waals surface area contributed by atoms with E-state index in [1.165, 1.54) is 87.3 Å². The first kappa shape index (κ1) is 38.7. The minimum Gasteiger partial charge on any atom is -0.457 e. The van der Waals surface area contributed by atoms with Gasteiger partial charge in [-0.05, 0) is 115 Å². The molecule has 11 aromatic rings. The molecule has 0 aromatic heterocycles. The van der Waals surface area contributed by atoms with Gasteiger partial charge in [-0.3, -0.25) is 0 Å². The molecule has 0 atom stereocenters. The molecule has 2 aliphatic carbocycles. The zero-order valence-corrected chi connectivity index (χ0v) is 38.3. The summed E-state index contributed by atoms with van der Waals surface area (Å²) in [5.74, 6) is 1.78. The van der Waals surface area contributed by atoms with Crippen LogP contribution in [0.25, 0.3) is 44.2 Å². The average Bonchev–Trinajstić information content (AvgIpc) is 3.88. The number of ether oxygens (including phenoxy) is 1. The van der Waals surface area contributed by atoms with Crippen LogP contribution in [-0.4, -0.2) is 0 Å². The molecule has 0 fully saturated rings. The van der Waals surface area contributed by atoms with Crippen molar-refractivity contribution < 1.29 is 4.74 Å². The van der Waals surface area contributed by atoms with E-state index >= 15 is 0 Å². The molecule has 3 heteroatoms. The van der Waals surface area contributed by atoms with E-state index in [9.17, 15) is 0 Å². The second-order valence-electron chi connectivity index (χ2n) is 18.6. The zero-order chi connectivity index (χ0) is 45.3. The first-order valence-electron chi connectivity index (χ1n) is 23.8. The van der Waals surface area contributed by atoms with E-state index in [-0.39, 0.29) is 0 Å². The molecule has 0 saturated carbocycles. The van der Waals surface area contributed by atoms with Crippen molar-refractivity contribution in [2.75, 3.05) is 4.90 Å². The average molecular weight is 896 g/mol. The third kappa shape index (κ3) is 5.12.